The summed E-state index contributed by atoms with van der Waals surface area (Å²) in [7, 11) is 0. The third-order valence-electron chi connectivity index (χ3n) is 4.84. The fourth-order valence-corrected chi connectivity index (χ4v) is 4.20. The maximum absolute atomic E-state index is 12.9. The summed E-state index contributed by atoms with van der Waals surface area (Å²) in [5.74, 6) is -0.0623. The Morgan fingerprint density at radius 1 is 1.04 bits per heavy atom. The molecule has 0 fully saturated rings. The van der Waals surface area contributed by atoms with Gasteiger partial charge in [-0.2, -0.15) is 0 Å². The van der Waals surface area contributed by atoms with Crippen LogP contribution < -0.4 is 5.32 Å². The first-order valence-corrected chi connectivity index (χ1v) is 9.93. The number of fused-ring (bicyclic) bond motifs is 1. The molecule has 5 nitrogen and oxygen atoms in total. The van der Waals surface area contributed by atoms with Crippen molar-refractivity contribution in [2.75, 3.05) is 13.1 Å². The third-order valence-corrected chi connectivity index (χ3v) is 5.71. The van der Waals surface area contributed by atoms with Crippen LogP contribution in [0, 0.1) is 0 Å². The highest BCUT2D eigenvalue weighted by Crippen LogP contribution is 2.32. The van der Waals surface area contributed by atoms with Gasteiger partial charge in [0.15, 0.2) is 0 Å². The van der Waals surface area contributed by atoms with Crippen molar-refractivity contribution < 1.29 is 9.59 Å². The van der Waals surface area contributed by atoms with Gasteiger partial charge in [-0.15, -0.1) is 11.3 Å². The van der Waals surface area contributed by atoms with Gasteiger partial charge in [-0.05, 0) is 29.1 Å². The van der Waals surface area contributed by atoms with Crippen LogP contribution in [0.25, 0.3) is 0 Å². The average Bonchev–Trinajstić information content (AvgIpc) is 3.39. The lowest BCUT2D eigenvalue weighted by Gasteiger charge is -2.37. The zero-order chi connectivity index (χ0) is 18.6. The van der Waals surface area contributed by atoms with Crippen molar-refractivity contribution in [3.63, 3.8) is 0 Å². The number of thiophene rings is 1. The Labute approximate surface area is 162 Å². The van der Waals surface area contributed by atoms with Crippen molar-refractivity contribution in [1.29, 1.82) is 0 Å². The van der Waals surface area contributed by atoms with Crippen LogP contribution >= 0.6 is 11.3 Å². The van der Waals surface area contributed by atoms with Gasteiger partial charge < -0.3 is 14.8 Å². The van der Waals surface area contributed by atoms with Gasteiger partial charge in [0, 0.05) is 37.9 Å². The minimum absolute atomic E-state index is 0.0581. The molecule has 0 radical (unpaired) electrons. The summed E-state index contributed by atoms with van der Waals surface area (Å²) in [6.45, 7) is 1.80. The molecular formula is C21H21N3O2S. The molecule has 3 heterocycles. The Morgan fingerprint density at radius 2 is 1.89 bits per heavy atom. The molecule has 0 bridgehead atoms. The van der Waals surface area contributed by atoms with Crippen LogP contribution in [0.3, 0.4) is 0 Å². The van der Waals surface area contributed by atoms with Gasteiger partial charge in [-0.25, -0.2) is 0 Å². The van der Waals surface area contributed by atoms with Gasteiger partial charge in [-0.3, -0.25) is 9.59 Å². The Hall–Kier alpha value is -2.86. The molecule has 27 heavy (non-hydrogen) atoms. The summed E-state index contributed by atoms with van der Waals surface area (Å²) in [6, 6.07) is 17.8. The van der Waals surface area contributed by atoms with E-state index in [2.05, 4.69) is 34.3 Å². The van der Waals surface area contributed by atoms with E-state index in [9.17, 15) is 9.59 Å². The van der Waals surface area contributed by atoms with E-state index in [4.69, 9.17) is 0 Å². The van der Waals surface area contributed by atoms with E-state index in [1.54, 1.807) is 6.07 Å². The van der Waals surface area contributed by atoms with Crippen LogP contribution in [0.5, 0.6) is 0 Å². The molecule has 138 valence electrons. The molecule has 0 aliphatic carbocycles. The highest BCUT2D eigenvalue weighted by Gasteiger charge is 2.31. The van der Waals surface area contributed by atoms with Crippen LogP contribution in [0.4, 0.5) is 0 Å². The van der Waals surface area contributed by atoms with Gasteiger partial charge in [0.2, 0.25) is 5.91 Å². The lowest BCUT2D eigenvalue weighted by molar-refractivity contribution is -0.133. The number of nitrogens with zero attached hydrogens (tertiary/aromatic N) is 2. The highest BCUT2D eigenvalue weighted by molar-refractivity contribution is 7.12. The van der Waals surface area contributed by atoms with E-state index in [1.807, 2.05) is 40.6 Å². The molecule has 6 heteroatoms. The molecule has 0 saturated heterocycles. The normalized spacial score (nSPS) is 16.0. The zero-order valence-corrected chi connectivity index (χ0v) is 15.7. The maximum atomic E-state index is 12.9. The summed E-state index contributed by atoms with van der Waals surface area (Å²) < 4.78 is 2.21. The predicted molar refractivity (Wildman–Crippen MR) is 106 cm³/mol. The predicted octanol–water partition coefficient (Wildman–Crippen LogP) is 3.30. The first kappa shape index (κ1) is 17.5. The van der Waals surface area contributed by atoms with E-state index >= 15 is 0 Å². The molecule has 0 spiro atoms. The summed E-state index contributed by atoms with van der Waals surface area (Å²) >= 11 is 1.40. The van der Waals surface area contributed by atoms with Crippen LogP contribution in [0.2, 0.25) is 0 Å². The average molecular weight is 379 g/mol. The van der Waals surface area contributed by atoms with E-state index in [-0.39, 0.29) is 17.9 Å². The Bertz CT molecular complexity index is 918. The molecule has 4 rings (SSSR count). The molecule has 1 aromatic carbocycles. The molecule has 2 amide bonds. The van der Waals surface area contributed by atoms with Crippen molar-refractivity contribution in [2.24, 2.45) is 0 Å². The van der Waals surface area contributed by atoms with Crippen LogP contribution in [0.15, 0.2) is 66.2 Å². The lowest BCUT2D eigenvalue weighted by atomic mass is 9.99. The topological polar surface area (TPSA) is 54.3 Å². The van der Waals surface area contributed by atoms with E-state index in [0.717, 1.165) is 17.8 Å². The summed E-state index contributed by atoms with van der Waals surface area (Å²) in [4.78, 5) is 27.6. The van der Waals surface area contributed by atoms with E-state index in [0.29, 0.717) is 24.4 Å². The van der Waals surface area contributed by atoms with Crippen molar-refractivity contribution >= 4 is 23.2 Å². The SMILES string of the molecule is O=C(NCCC(=O)N1CCn2cccc2C1c1ccccc1)c1cccs1. The van der Waals surface area contributed by atoms with E-state index < -0.39 is 0 Å². The second kappa shape index (κ2) is 7.80. The van der Waals surface area contributed by atoms with Gasteiger partial charge >= 0.3 is 0 Å². The van der Waals surface area contributed by atoms with Crippen molar-refractivity contribution in [3.8, 4) is 0 Å². The number of aromatic nitrogens is 1. The highest BCUT2D eigenvalue weighted by atomic mass is 32.1. The Kier molecular flexibility index (Phi) is 5.07. The third kappa shape index (κ3) is 3.66. The van der Waals surface area contributed by atoms with Gasteiger partial charge in [0.25, 0.3) is 5.91 Å². The molecular weight excluding hydrogens is 358 g/mol. The second-order valence-electron chi connectivity index (χ2n) is 6.51. The van der Waals surface area contributed by atoms with Crippen molar-refractivity contribution in [1.82, 2.24) is 14.8 Å². The molecule has 1 atom stereocenters. The fraction of sp³-hybridized carbons (Fsp3) is 0.238. The molecule has 1 aliphatic rings. The number of rotatable bonds is 5. The van der Waals surface area contributed by atoms with Crippen LogP contribution in [0.1, 0.15) is 33.4 Å². The largest absolute Gasteiger partial charge is 0.351 e. The van der Waals surface area contributed by atoms with Crippen LogP contribution in [-0.4, -0.2) is 34.4 Å². The summed E-state index contributed by atoms with van der Waals surface area (Å²) in [5, 5.41) is 4.71. The van der Waals surface area contributed by atoms with E-state index in [1.165, 1.54) is 11.3 Å². The molecule has 1 N–H and O–H groups in total. The van der Waals surface area contributed by atoms with Gasteiger partial charge in [0.05, 0.1) is 10.9 Å². The van der Waals surface area contributed by atoms with Crippen molar-refractivity contribution in [3.05, 3.63) is 82.3 Å². The number of carbonyl (C=O) groups excluding carboxylic acids is 2. The molecule has 0 saturated carbocycles. The monoisotopic (exact) mass is 379 g/mol. The second-order valence-corrected chi connectivity index (χ2v) is 7.46. The molecule has 1 aliphatic heterocycles. The molecule has 1 unspecified atom stereocenters. The maximum Gasteiger partial charge on any atom is 0.261 e. The summed E-state index contributed by atoms with van der Waals surface area (Å²) in [6.07, 6.45) is 2.36. The number of carbonyl (C=O) groups is 2. The minimum atomic E-state index is -0.120. The van der Waals surface area contributed by atoms with Gasteiger partial charge in [0.1, 0.15) is 0 Å². The smallest absolute Gasteiger partial charge is 0.261 e. The Balaban J connectivity index is 1.46. The quantitative estimate of drug-likeness (QED) is 0.740. The standard InChI is InChI=1S/C21H21N3O2S/c25-19(10-11-22-21(26)18-9-5-15-27-18)24-14-13-23-12-4-8-17(23)20(24)16-6-2-1-3-7-16/h1-9,12,15,20H,10-11,13-14H2,(H,22,26). The minimum Gasteiger partial charge on any atom is -0.351 e. The van der Waals surface area contributed by atoms with Crippen molar-refractivity contribution in [2.45, 2.75) is 19.0 Å². The zero-order valence-electron chi connectivity index (χ0n) is 14.9. The fourth-order valence-electron chi connectivity index (χ4n) is 3.56. The van der Waals surface area contributed by atoms with Crippen LogP contribution in [-0.2, 0) is 11.3 Å². The number of nitrogens with one attached hydrogen (secondary N) is 1. The summed E-state index contributed by atoms with van der Waals surface area (Å²) in [5.41, 5.74) is 2.23. The number of hydrogen-bond donors (Lipinski definition) is 1. The number of amides is 2. The first-order valence-electron chi connectivity index (χ1n) is 9.05. The lowest BCUT2D eigenvalue weighted by Crippen LogP contribution is -2.43. The molecule has 2 aromatic heterocycles. The van der Waals surface area contributed by atoms with Gasteiger partial charge in [-0.1, -0.05) is 36.4 Å². The number of hydrogen-bond acceptors (Lipinski definition) is 3. The first-order chi connectivity index (χ1) is 13.2. The Morgan fingerprint density at radius 3 is 2.67 bits per heavy atom. The molecule has 3 aromatic rings. The number of benzene rings is 1.